The molecule has 0 aromatic heterocycles. The molecule has 7 nitrogen and oxygen atoms in total. The summed E-state index contributed by atoms with van der Waals surface area (Å²) in [4.78, 5) is 35.4. The molecule has 0 unspecified atom stereocenters. The number of hydrazine groups is 1. The summed E-state index contributed by atoms with van der Waals surface area (Å²) < 4.78 is 5.06. The number of carbonyl (C=O) groups excluding carboxylic acids is 3. The van der Waals surface area contributed by atoms with Gasteiger partial charge in [0, 0.05) is 12.0 Å². The zero-order chi connectivity index (χ0) is 18.8. The van der Waals surface area contributed by atoms with Crippen molar-refractivity contribution in [2.45, 2.75) is 32.1 Å². The molecular weight excluding hydrogens is 334 g/mol. The molecule has 0 atom stereocenters. The van der Waals surface area contributed by atoms with Gasteiger partial charge in [-0.2, -0.15) is 0 Å². The molecule has 1 aromatic rings. The Kier molecular flexibility index (Phi) is 7.67. The molecule has 140 valence electrons. The van der Waals surface area contributed by atoms with Crippen LogP contribution in [0.25, 0.3) is 6.08 Å². The van der Waals surface area contributed by atoms with Crippen LogP contribution in [0.3, 0.4) is 0 Å². The van der Waals surface area contributed by atoms with Crippen LogP contribution in [0, 0.1) is 5.92 Å². The summed E-state index contributed by atoms with van der Waals surface area (Å²) in [5, 5.41) is 2.61. The Morgan fingerprint density at radius 1 is 1.08 bits per heavy atom. The van der Waals surface area contributed by atoms with Gasteiger partial charge < -0.3 is 10.1 Å². The van der Waals surface area contributed by atoms with Crippen molar-refractivity contribution in [2.75, 3.05) is 13.7 Å². The molecule has 1 fully saturated rings. The number of hydrogen-bond acceptors (Lipinski definition) is 4. The number of nitrogens with one attached hydrogen (secondary N) is 3. The molecule has 0 aliphatic heterocycles. The smallest absolute Gasteiger partial charge is 0.262 e. The quantitative estimate of drug-likeness (QED) is 0.530. The van der Waals surface area contributed by atoms with Crippen LogP contribution >= 0.6 is 0 Å². The molecule has 7 heteroatoms. The van der Waals surface area contributed by atoms with Gasteiger partial charge in [0.25, 0.3) is 11.8 Å². The molecular formula is C19H25N3O4. The number of hydrogen-bond donors (Lipinski definition) is 3. The third-order valence-electron chi connectivity index (χ3n) is 4.27. The zero-order valence-electron chi connectivity index (χ0n) is 14.9. The fourth-order valence-electron chi connectivity index (χ4n) is 2.78. The van der Waals surface area contributed by atoms with Crippen LogP contribution < -0.4 is 20.9 Å². The van der Waals surface area contributed by atoms with Gasteiger partial charge in [0.15, 0.2) is 0 Å². The molecule has 26 heavy (non-hydrogen) atoms. The molecule has 3 amide bonds. The van der Waals surface area contributed by atoms with Crippen molar-refractivity contribution >= 4 is 23.8 Å². The molecule has 1 aliphatic rings. The van der Waals surface area contributed by atoms with Gasteiger partial charge in [-0.1, -0.05) is 31.4 Å². The highest BCUT2D eigenvalue weighted by atomic mass is 16.5. The first-order valence-corrected chi connectivity index (χ1v) is 8.77. The summed E-state index contributed by atoms with van der Waals surface area (Å²) in [5.74, 6) is -0.300. The minimum absolute atomic E-state index is 0.00132. The average molecular weight is 359 g/mol. The van der Waals surface area contributed by atoms with Gasteiger partial charge in [-0.05, 0) is 36.6 Å². The van der Waals surface area contributed by atoms with E-state index in [1.807, 2.05) is 12.1 Å². The maximum Gasteiger partial charge on any atom is 0.262 e. The van der Waals surface area contributed by atoms with Gasteiger partial charge in [0.05, 0.1) is 13.7 Å². The van der Waals surface area contributed by atoms with E-state index in [2.05, 4.69) is 16.2 Å². The largest absolute Gasteiger partial charge is 0.497 e. The molecule has 3 N–H and O–H groups in total. The average Bonchev–Trinajstić information content (AvgIpc) is 2.69. The van der Waals surface area contributed by atoms with Gasteiger partial charge in [-0.25, -0.2) is 0 Å². The highest BCUT2D eigenvalue weighted by Gasteiger charge is 2.21. The summed E-state index contributed by atoms with van der Waals surface area (Å²) in [6, 6.07) is 7.19. The van der Waals surface area contributed by atoms with E-state index < -0.39 is 11.8 Å². The topological polar surface area (TPSA) is 96.5 Å². The summed E-state index contributed by atoms with van der Waals surface area (Å²) >= 11 is 0. The predicted molar refractivity (Wildman–Crippen MR) is 97.9 cm³/mol. The van der Waals surface area contributed by atoms with Crippen LogP contribution in [0.4, 0.5) is 0 Å². The van der Waals surface area contributed by atoms with E-state index >= 15 is 0 Å². The Hall–Kier alpha value is -2.83. The fourth-order valence-corrected chi connectivity index (χ4v) is 2.78. The second kappa shape index (κ2) is 10.2. The third-order valence-corrected chi connectivity index (χ3v) is 4.27. The lowest BCUT2D eigenvalue weighted by atomic mass is 9.89. The van der Waals surface area contributed by atoms with Crippen LogP contribution in [-0.4, -0.2) is 31.4 Å². The van der Waals surface area contributed by atoms with E-state index in [1.165, 1.54) is 12.5 Å². The van der Waals surface area contributed by atoms with Gasteiger partial charge in [0.2, 0.25) is 5.91 Å². The second-order valence-corrected chi connectivity index (χ2v) is 6.20. The van der Waals surface area contributed by atoms with Crippen LogP contribution in [0.15, 0.2) is 30.3 Å². The van der Waals surface area contributed by atoms with Crippen molar-refractivity contribution in [2.24, 2.45) is 5.92 Å². The Morgan fingerprint density at radius 2 is 1.77 bits per heavy atom. The maximum atomic E-state index is 11.9. The molecule has 1 saturated carbocycles. The lowest BCUT2D eigenvalue weighted by Crippen LogP contribution is -2.46. The minimum Gasteiger partial charge on any atom is -0.497 e. The van der Waals surface area contributed by atoms with Crippen molar-refractivity contribution in [3.63, 3.8) is 0 Å². The lowest BCUT2D eigenvalue weighted by molar-refractivity contribution is -0.130. The summed E-state index contributed by atoms with van der Waals surface area (Å²) in [5.41, 5.74) is 5.37. The molecule has 0 spiro atoms. The van der Waals surface area contributed by atoms with E-state index in [1.54, 1.807) is 25.3 Å². The molecule has 0 heterocycles. The normalized spacial score (nSPS) is 14.7. The number of amides is 3. The van der Waals surface area contributed by atoms with Crippen LogP contribution in [0.2, 0.25) is 0 Å². The standard InChI is InChI=1S/C19H25N3O4/c1-26-16-10-7-14(8-11-16)9-12-17(23)21-22-18(24)13-20-19(25)15-5-3-2-4-6-15/h7-12,15H,2-6,13H2,1H3,(H,20,25)(H,21,23)(H,22,24)/b12-9+. The van der Waals surface area contributed by atoms with Crippen LogP contribution in [0.5, 0.6) is 5.75 Å². The zero-order valence-corrected chi connectivity index (χ0v) is 14.9. The van der Waals surface area contributed by atoms with Crippen molar-refractivity contribution in [3.8, 4) is 5.75 Å². The molecule has 0 saturated heterocycles. The van der Waals surface area contributed by atoms with E-state index in [-0.39, 0.29) is 18.4 Å². The van der Waals surface area contributed by atoms with E-state index in [9.17, 15) is 14.4 Å². The number of rotatable bonds is 6. The van der Waals surface area contributed by atoms with Crippen molar-refractivity contribution in [1.29, 1.82) is 0 Å². The highest BCUT2D eigenvalue weighted by molar-refractivity contribution is 5.93. The van der Waals surface area contributed by atoms with Crippen molar-refractivity contribution in [1.82, 2.24) is 16.2 Å². The number of benzene rings is 1. The Morgan fingerprint density at radius 3 is 2.42 bits per heavy atom. The Labute approximate surface area is 153 Å². The SMILES string of the molecule is COc1ccc(/C=C/C(=O)NNC(=O)CNC(=O)C2CCCCC2)cc1. The second-order valence-electron chi connectivity index (χ2n) is 6.20. The first-order valence-electron chi connectivity index (χ1n) is 8.77. The third kappa shape index (κ3) is 6.58. The Bertz CT molecular complexity index is 649. The van der Waals surface area contributed by atoms with E-state index in [0.29, 0.717) is 0 Å². The number of ether oxygens (including phenoxy) is 1. The number of carbonyl (C=O) groups is 3. The van der Waals surface area contributed by atoms with Crippen LogP contribution in [-0.2, 0) is 14.4 Å². The van der Waals surface area contributed by atoms with Gasteiger partial charge in [-0.15, -0.1) is 0 Å². The van der Waals surface area contributed by atoms with Crippen LogP contribution in [0.1, 0.15) is 37.7 Å². The van der Waals surface area contributed by atoms with Gasteiger partial charge >= 0.3 is 0 Å². The first-order chi connectivity index (χ1) is 12.6. The summed E-state index contributed by atoms with van der Waals surface area (Å²) in [6.45, 7) is -0.155. The molecule has 1 aromatic carbocycles. The first kappa shape index (κ1) is 19.5. The summed E-state index contributed by atoms with van der Waals surface area (Å²) in [6.07, 6.45) is 7.96. The maximum absolute atomic E-state index is 11.9. The molecule has 2 rings (SSSR count). The lowest BCUT2D eigenvalue weighted by Gasteiger charge is -2.20. The van der Waals surface area contributed by atoms with Crippen molar-refractivity contribution in [3.05, 3.63) is 35.9 Å². The molecule has 0 radical (unpaired) electrons. The van der Waals surface area contributed by atoms with E-state index in [0.717, 1.165) is 37.0 Å². The summed E-state index contributed by atoms with van der Waals surface area (Å²) in [7, 11) is 1.58. The predicted octanol–water partition coefficient (Wildman–Crippen LogP) is 1.55. The van der Waals surface area contributed by atoms with Gasteiger partial charge in [-0.3, -0.25) is 25.2 Å². The Balaban J connectivity index is 1.66. The fraction of sp³-hybridized carbons (Fsp3) is 0.421. The number of methoxy groups -OCH3 is 1. The molecule has 0 bridgehead atoms. The van der Waals surface area contributed by atoms with E-state index in [4.69, 9.17) is 4.74 Å². The highest BCUT2D eigenvalue weighted by Crippen LogP contribution is 2.23. The van der Waals surface area contributed by atoms with Gasteiger partial charge in [0.1, 0.15) is 5.75 Å². The molecule has 1 aliphatic carbocycles. The van der Waals surface area contributed by atoms with Crippen molar-refractivity contribution < 1.29 is 19.1 Å². The minimum atomic E-state index is -0.472. The monoisotopic (exact) mass is 359 g/mol.